The highest BCUT2D eigenvalue weighted by Gasteiger charge is 2.37. The van der Waals surface area contributed by atoms with Gasteiger partial charge in [-0.15, -0.1) is 0 Å². The van der Waals surface area contributed by atoms with Gasteiger partial charge in [0.05, 0.1) is 11.5 Å². The fourth-order valence-electron chi connectivity index (χ4n) is 3.14. The minimum Gasteiger partial charge on any atom is -0.534 e. The molecule has 0 fully saturated rings. The molecule has 1 aliphatic heterocycles. The number of amides is 1. The van der Waals surface area contributed by atoms with Gasteiger partial charge in [0.25, 0.3) is 5.91 Å². The summed E-state index contributed by atoms with van der Waals surface area (Å²) >= 11 is 0. The summed E-state index contributed by atoms with van der Waals surface area (Å²) in [5.74, 6) is -1.97. The van der Waals surface area contributed by atoms with Crippen LogP contribution in [0.3, 0.4) is 0 Å². The minimum atomic E-state index is -1.33. The summed E-state index contributed by atoms with van der Waals surface area (Å²) in [6.45, 7) is 0.710. The molecule has 8 heteroatoms. The zero-order valence-corrected chi connectivity index (χ0v) is 15.2. The van der Waals surface area contributed by atoms with Crippen LogP contribution in [0.4, 0.5) is 0 Å². The predicted molar refractivity (Wildman–Crippen MR) is 101 cm³/mol. The highest BCUT2D eigenvalue weighted by molar-refractivity contribution is 6.47. The number of fused-ring (bicyclic) bond motifs is 1. The van der Waals surface area contributed by atoms with E-state index in [1.165, 1.54) is 6.07 Å². The number of benzene rings is 2. The number of rotatable bonds is 5. The van der Waals surface area contributed by atoms with Gasteiger partial charge in [-0.25, -0.2) is 4.79 Å². The van der Waals surface area contributed by atoms with Crippen LogP contribution in [0.25, 0.3) is 0 Å². The lowest BCUT2D eigenvalue weighted by molar-refractivity contribution is 0.0693. The molecule has 140 valence electrons. The van der Waals surface area contributed by atoms with Crippen LogP contribution >= 0.6 is 0 Å². The smallest absolute Gasteiger partial charge is 0.534 e. The molecule has 0 aromatic heterocycles. The number of nitrogens with one attached hydrogen (secondary N) is 1. The molecule has 2 aromatic carbocycles. The molecular formula is C19H21BN2O5. The molecule has 0 aliphatic carbocycles. The van der Waals surface area contributed by atoms with Crippen molar-refractivity contribution in [3.63, 3.8) is 0 Å². The summed E-state index contributed by atoms with van der Waals surface area (Å²) in [5, 5.41) is 22.3. The van der Waals surface area contributed by atoms with Crippen LogP contribution in [-0.4, -0.2) is 54.1 Å². The Kier molecular flexibility index (Phi) is 5.48. The monoisotopic (exact) mass is 368 g/mol. The van der Waals surface area contributed by atoms with Crippen molar-refractivity contribution in [1.82, 2.24) is 10.2 Å². The summed E-state index contributed by atoms with van der Waals surface area (Å²) in [6, 6.07) is 12.0. The summed E-state index contributed by atoms with van der Waals surface area (Å²) < 4.78 is 5.40. The molecule has 1 heterocycles. The molecular weight excluding hydrogens is 347 g/mol. The lowest BCUT2D eigenvalue weighted by Gasteiger charge is -2.29. The molecule has 0 unspecified atom stereocenters. The molecule has 0 radical (unpaired) electrons. The number of carboxylic acids is 1. The van der Waals surface area contributed by atoms with E-state index in [0.717, 1.165) is 5.56 Å². The van der Waals surface area contributed by atoms with Crippen LogP contribution in [0.2, 0.25) is 0 Å². The van der Waals surface area contributed by atoms with Gasteiger partial charge in [0.2, 0.25) is 0 Å². The van der Waals surface area contributed by atoms with E-state index >= 15 is 0 Å². The predicted octanol–water partition coefficient (Wildman–Crippen LogP) is 1.20. The molecule has 1 amide bonds. The third-order valence-electron chi connectivity index (χ3n) is 4.35. The Bertz CT molecular complexity index is 871. The lowest BCUT2D eigenvalue weighted by Crippen LogP contribution is -2.53. The second-order valence-corrected chi connectivity index (χ2v) is 6.83. The van der Waals surface area contributed by atoms with Gasteiger partial charge in [-0.3, -0.25) is 4.79 Å². The fourth-order valence-corrected chi connectivity index (χ4v) is 3.14. The van der Waals surface area contributed by atoms with Crippen molar-refractivity contribution in [2.24, 2.45) is 0 Å². The van der Waals surface area contributed by atoms with E-state index in [4.69, 9.17) is 4.65 Å². The SMILES string of the molecule is CN(C)Cc1cccc(C(=O)N[C@H]2Cc3cccc(C(=O)O)c3OB2O)c1. The van der Waals surface area contributed by atoms with Crippen LogP contribution in [0, 0.1) is 0 Å². The topological polar surface area (TPSA) is 99.1 Å². The Morgan fingerprint density at radius 3 is 2.70 bits per heavy atom. The summed E-state index contributed by atoms with van der Waals surface area (Å²) in [5.41, 5.74) is 2.12. The Hall–Kier alpha value is -2.84. The Morgan fingerprint density at radius 2 is 2.00 bits per heavy atom. The van der Waals surface area contributed by atoms with E-state index in [1.54, 1.807) is 18.2 Å². The fraction of sp³-hybridized carbons (Fsp3) is 0.263. The number of carbonyl (C=O) groups excluding carboxylic acids is 1. The number of nitrogens with zero attached hydrogens (tertiary/aromatic N) is 1. The van der Waals surface area contributed by atoms with Gasteiger partial charge in [0.1, 0.15) is 5.75 Å². The van der Waals surface area contributed by atoms with Crippen molar-refractivity contribution in [2.45, 2.75) is 18.9 Å². The average Bonchev–Trinajstić information content (AvgIpc) is 2.61. The molecule has 0 spiro atoms. The van der Waals surface area contributed by atoms with Crippen molar-refractivity contribution in [3.8, 4) is 5.75 Å². The molecule has 2 aromatic rings. The third-order valence-corrected chi connectivity index (χ3v) is 4.35. The maximum absolute atomic E-state index is 12.6. The van der Waals surface area contributed by atoms with Gasteiger partial charge in [-0.1, -0.05) is 24.3 Å². The van der Waals surface area contributed by atoms with E-state index in [2.05, 4.69) is 5.32 Å². The third kappa shape index (κ3) is 4.29. The zero-order chi connectivity index (χ0) is 19.6. The Labute approximate surface area is 157 Å². The number of hydrogen-bond acceptors (Lipinski definition) is 5. The minimum absolute atomic E-state index is 0.00675. The van der Waals surface area contributed by atoms with E-state index in [0.29, 0.717) is 17.7 Å². The van der Waals surface area contributed by atoms with Gasteiger partial charge in [-0.2, -0.15) is 0 Å². The normalized spacial score (nSPS) is 15.9. The van der Waals surface area contributed by atoms with E-state index in [1.807, 2.05) is 37.2 Å². The first-order valence-electron chi connectivity index (χ1n) is 8.59. The molecule has 0 bridgehead atoms. The van der Waals surface area contributed by atoms with Crippen LogP contribution < -0.4 is 9.97 Å². The van der Waals surface area contributed by atoms with Gasteiger partial charge >= 0.3 is 13.1 Å². The molecule has 27 heavy (non-hydrogen) atoms. The molecule has 7 nitrogen and oxygen atoms in total. The summed E-state index contributed by atoms with van der Waals surface area (Å²) in [4.78, 5) is 25.9. The first-order chi connectivity index (χ1) is 12.8. The largest absolute Gasteiger partial charge is 0.547 e. The molecule has 3 N–H and O–H groups in total. The molecule has 0 saturated carbocycles. The van der Waals surface area contributed by atoms with Gasteiger partial charge < -0.3 is 25.0 Å². The second-order valence-electron chi connectivity index (χ2n) is 6.83. The van der Waals surface area contributed by atoms with Crippen molar-refractivity contribution in [3.05, 3.63) is 64.7 Å². The first-order valence-corrected chi connectivity index (χ1v) is 8.59. The van der Waals surface area contributed by atoms with Crippen molar-refractivity contribution >= 4 is 19.0 Å². The van der Waals surface area contributed by atoms with Crippen LogP contribution in [0.15, 0.2) is 42.5 Å². The maximum atomic E-state index is 12.6. The number of hydrogen-bond donors (Lipinski definition) is 3. The van der Waals surface area contributed by atoms with E-state index in [-0.39, 0.29) is 23.6 Å². The van der Waals surface area contributed by atoms with Gasteiger partial charge in [0.15, 0.2) is 0 Å². The average molecular weight is 368 g/mol. The Morgan fingerprint density at radius 1 is 1.26 bits per heavy atom. The van der Waals surface area contributed by atoms with Gasteiger partial charge in [-0.05, 0) is 49.8 Å². The standard InChI is InChI=1S/C19H21BN2O5/c1-22(2)11-12-5-3-7-14(9-12)18(23)21-16-10-13-6-4-8-15(19(24)25)17(13)27-20(16)26/h3-9,16,26H,10-11H2,1-2H3,(H,21,23)(H,24,25)/t16-/m0/s1. The maximum Gasteiger partial charge on any atom is 0.547 e. The molecule has 1 aliphatic rings. The van der Waals surface area contributed by atoms with Crippen molar-refractivity contribution in [1.29, 1.82) is 0 Å². The molecule has 1 atom stereocenters. The van der Waals surface area contributed by atoms with E-state index < -0.39 is 19.0 Å². The number of carboxylic acid groups (broad SMARTS) is 1. The van der Waals surface area contributed by atoms with Crippen LogP contribution in [0.5, 0.6) is 5.75 Å². The summed E-state index contributed by atoms with van der Waals surface area (Å²) in [6.07, 6.45) is 0.279. The van der Waals surface area contributed by atoms with Crippen molar-refractivity contribution in [2.75, 3.05) is 14.1 Å². The highest BCUT2D eigenvalue weighted by atomic mass is 16.5. The highest BCUT2D eigenvalue weighted by Crippen LogP contribution is 2.30. The molecule has 0 saturated heterocycles. The van der Waals surface area contributed by atoms with Crippen LogP contribution in [0.1, 0.15) is 31.8 Å². The lowest BCUT2D eigenvalue weighted by atomic mass is 9.72. The number of para-hydroxylation sites is 1. The quantitative estimate of drug-likeness (QED) is 0.686. The first kappa shape index (κ1) is 18.9. The van der Waals surface area contributed by atoms with E-state index in [9.17, 15) is 19.7 Å². The van der Waals surface area contributed by atoms with Gasteiger partial charge in [0, 0.05) is 12.1 Å². The number of aromatic carboxylic acids is 1. The van der Waals surface area contributed by atoms with Crippen molar-refractivity contribution < 1.29 is 24.4 Å². The zero-order valence-electron chi connectivity index (χ0n) is 15.2. The van der Waals surface area contributed by atoms with Crippen LogP contribution in [-0.2, 0) is 13.0 Å². The Balaban J connectivity index is 1.76. The number of carbonyl (C=O) groups is 2. The summed E-state index contributed by atoms with van der Waals surface area (Å²) in [7, 11) is 2.57. The second kappa shape index (κ2) is 7.81. The molecule has 3 rings (SSSR count).